The third kappa shape index (κ3) is 6.51. The van der Waals surface area contributed by atoms with E-state index in [9.17, 15) is 22.8 Å². The molecule has 1 saturated heterocycles. The summed E-state index contributed by atoms with van der Waals surface area (Å²) in [7, 11) is 0. The van der Waals surface area contributed by atoms with Gasteiger partial charge in [0.05, 0.1) is 23.1 Å². The summed E-state index contributed by atoms with van der Waals surface area (Å²) in [6.07, 6.45) is 3.16. The van der Waals surface area contributed by atoms with Gasteiger partial charge >= 0.3 is 6.18 Å². The first-order chi connectivity index (χ1) is 22.0. The summed E-state index contributed by atoms with van der Waals surface area (Å²) in [5.41, 5.74) is 2.01. The van der Waals surface area contributed by atoms with Crippen LogP contribution in [0, 0.1) is 31.5 Å². The Bertz CT molecular complexity index is 1560. The summed E-state index contributed by atoms with van der Waals surface area (Å²) in [5.74, 6) is -1.97. The van der Waals surface area contributed by atoms with Crippen LogP contribution in [0.4, 0.5) is 23.2 Å². The number of fused-ring (bicyclic) bond motifs is 1. The number of anilines is 1. The van der Waals surface area contributed by atoms with Gasteiger partial charge in [0.1, 0.15) is 5.82 Å². The van der Waals surface area contributed by atoms with Crippen LogP contribution in [0.2, 0.25) is 0 Å². The molecule has 0 spiro atoms. The highest BCUT2D eigenvalue weighted by Gasteiger charge is 2.50. The Morgan fingerprint density at radius 1 is 0.891 bits per heavy atom. The molecule has 3 aromatic rings. The molecule has 0 bridgehead atoms. The molecule has 4 atom stereocenters. The Labute approximate surface area is 267 Å². The predicted octanol–water partition coefficient (Wildman–Crippen LogP) is 8.50. The zero-order chi connectivity index (χ0) is 32.6. The van der Waals surface area contributed by atoms with E-state index in [1.165, 1.54) is 31.9 Å². The van der Waals surface area contributed by atoms with Gasteiger partial charge in [-0.1, -0.05) is 55.7 Å². The lowest BCUT2D eigenvalue weighted by Crippen LogP contribution is -2.54. The Kier molecular flexibility index (Phi) is 9.12. The van der Waals surface area contributed by atoms with Crippen LogP contribution < -0.4 is 10.6 Å². The normalized spacial score (nSPS) is 23.3. The maximum atomic E-state index is 15.3. The lowest BCUT2D eigenvalue weighted by atomic mass is 9.76. The number of alkyl halides is 3. The van der Waals surface area contributed by atoms with E-state index >= 15 is 4.39 Å². The van der Waals surface area contributed by atoms with Crippen molar-refractivity contribution < 1.29 is 27.2 Å². The fraction of sp³-hybridized carbons (Fsp3) is 0.459. The molecule has 3 aliphatic rings. The van der Waals surface area contributed by atoms with Gasteiger partial charge in [-0.05, 0) is 98.4 Å². The van der Waals surface area contributed by atoms with E-state index in [2.05, 4.69) is 10.6 Å². The number of aryl methyl sites for hydroxylation is 2. The highest BCUT2D eigenvalue weighted by Crippen LogP contribution is 2.49. The van der Waals surface area contributed by atoms with Gasteiger partial charge in [0, 0.05) is 24.3 Å². The summed E-state index contributed by atoms with van der Waals surface area (Å²) in [6.45, 7) is 3.04. The predicted molar refractivity (Wildman–Crippen MR) is 170 cm³/mol. The molecule has 0 radical (unpaired) electrons. The molecule has 2 N–H and O–H groups in total. The molecule has 1 aliphatic heterocycles. The minimum Gasteiger partial charge on any atom is -0.382 e. The van der Waals surface area contributed by atoms with Crippen molar-refractivity contribution in [1.82, 2.24) is 10.2 Å². The van der Waals surface area contributed by atoms with Crippen LogP contribution in [0.25, 0.3) is 0 Å². The molecule has 244 valence electrons. The molecule has 2 amide bonds. The number of nitrogens with one attached hydrogen (secondary N) is 2. The van der Waals surface area contributed by atoms with Gasteiger partial charge in [0.2, 0.25) is 5.91 Å². The third-order valence-corrected chi connectivity index (χ3v) is 10.3. The fourth-order valence-electron chi connectivity index (χ4n) is 7.95. The number of likely N-dealkylation sites (tertiary alicyclic amines) is 1. The van der Waals surface area contributed by atoms with E-state index in [4.69, 9.17) is 0 Å². The van der Waals surface area contributed by atoms with Crippen LogP contribution in [0.3, 0.4) is 0 Å². The Balaban J connectivity index is 1.34. The molecule has 9 heteroatoms. The fourth-order valence-corrected chi connectivity index (χ4v) is 7.95. The Morgan fingerprint density at radius 2 is 1.63 bits per heavy atom. The van der Waals surface area contributed by atoms with Gasteiger partial charge in [0.15, 0.2) is 0 Å². The van der Waals surface area contributed by atoms with Crippen molar-refractivity contribution in [2.75, 3.05) is 5.32 Å². The molecule has 46 heavy (non-hydrogen) atoms. The van der Waals surface area contributed by atoms with Crippen molar-refractivity contribution in [2.45, 2.75) is 96.1 Å². The number of piperidine rings is 1. The van der Waals surface area contributed by atoms with Crippen molar-refractivity contribution in [3.63, 3.8) is 0 Å². The summed E-state index contributed by atoms with van der Waals surface area (Å²) in [5, 5.41) is 6.48. The summed E-state index contributed by atoms with van der Waals surface area (Å²) in [4.78, 5) is 30.2. The zero-order valence-electron chi connectivity index (χ0n) is 26.3. The molecule has 6 rings (SSSR count). The summed E-state index contributed by atoms with van der Waals surface area (Å²) < 4.78 is 56.0. The van der Waals surface area contributed by atoms with Crippen LogP contribution in [0.1, 0.15) is 95.6 Å². The third-order valence-electron chi connectivity index (χ3n) is 10.3. The van der Waals surface area contributed by atoms with E-state index < -0.39 is 35.4 Å². The number of benzene rings is 3. The molecule has 1 heterocycles. The van der Waals surface area contributed by atoms with E-state index in [1.807, 2.05) is 24.3 Å². The lowest BCUT2D eigenvalue weighted by molar-refractivity contribution is -0.138. The van der Waals surface area contributed by atoms with Crippen molar-refractivity contribution >= 4 is 17.5 Å². The van der Waals surface area contributed by atoms with Crippen LogP contribution >= 0.6 is 0 Å². The molecule has 2 aliphatic carbocycles. The van der Waals surface area contributed by atoms with E-state index in [-0.39, 0.29) is 35.5 Å². The second-order valence-electron chi connectivity index (χ2n) is 13.3. The molecule has 0 aromatic heterocycles. The molecule has 3 fully saturated rings. The van der Waals surface area contributed by atoms with Gasteiger partial charge in [0.25, 0.3) is 5.91 Å². The molecular weight excluding hydrogens is 594 g/mol. The summed E-state index contributed by atoms with van der Waals surface area (Å²) in [6, 6.07) is 16.1. The number of hydrogen-bond acceptors (Lipinski definition) is 3. The average molecular weight is 636 g/mol. The number of hydrogen-bond donors (Lipinski definition) is 2. The quantitative estimate of drug-likeness (QED) is 0.256. The number of carbonyl (C=O) groups excluding carboxylic acids is 2. The first-order valence-corrected chi connectivity index (χ1v) is 16.4. The van der Waals surface area contributed by atoms with E-state index in [1.54, 1.807) is 30.0 Å². The van der Waals surface area contributed by atoms with Gasteiger partial charge in [-0.2, -0.15) is 13.2 Å². The monoisotopic (exact) mass is 635 g/mol. The van der Waals surface area contributed by atoms with Crippen molar-refractivity contribution in [2.24, 2.45) is 11.8 Å². The van der Waals surface area contributed by atoms with Crippen LogP contribution in [-0.4, -0.2) is 28.8 Å². The first kappa shape index (κ1) is 32.1. The minimum atomic E-state index is -4.50. The van der Waals surface area contributed by atoms with E-state index in [0.717, 1.165) is 49.4 Å². The highest BCUT2D eigenvalue weighted by molar-refractivity contribution is 5.97. The molecule has 5 nitrogen and oxygen atoms in total. The molecular formula is C37H41F4N3O2. The average Bonchev–Trinajstić information content (AvgIpc) is 3.71. The SMILES string of the molecule is Cc1ccc(CNC(=O)C2CC3CCCC3N(C(=O)c3c(C)cccc3F)[C@H]2c2ccc(NC3CCCC3)cc2)cc1C(F)(F)F. The number of nitrogens with zero attached hydrogens (tertiary/aromatic N) is 1. The first-order valence-electron chi connectivity index (χ1n) is 16.4. The van der Waals surface area contributed by atoms with Gasteiger partial charge in [-0.15, -0.1) is 0 Å². The molecule has 2 saturated carbocycles. The largest absolute Gasteiger partial charge is 0.416 e. The Morgan fingerprint density at radius 3 is 2.33 bits per heavy atom. The maximum Gasteiger partial charge on any atom is 0.416 e. The molecule has 3 aromatic carbocycles. The van der Waals surface area contributed by atoms with Gasteiger partial charge < -0.3 is 15.5 Å². The highest BCUT2D eigenvalue weighted by atomic mass is 19.4. The van der Waals surface area contributed by atoms with Gasteiger partial charge in [-0.3, -0.25) is 9.59 Å². The van der Waals surface area contributed by atoms with Crippen LogP contribution in [0.5, 0.6) is 0 Å². The zero-order valence-corrected chi connectivity index (χ0v) is 26.3. The van der Waals surface area contributed by atoms with Crippen molar-refractivity contribution in [1.29, 1.82) is 0 Å². The second-order valence-corrected chi connectivity index (χ2v) is 13.3. The van der Waals surface area contributed by atoms with Gasteiger partial charge in [-0.25, -0.2) is 4.39 Å². The van der Waals surface area contributed by atoms with Crippen LogP contribution in [0.15, 0.2) is 60.7 Å². The maximum absolute atomic E-state index is 15.3. The molecule has 3 unspecified atom stereocenters. The lowest BCUT2D eigenvalue weighted by Gasteiger charge is -2.48. The number of rotatable bonds is 7. The van der Waals surface area contributed by atoms with E-state index in [0.29, 0.717) is 23.6 Å². The van der Waals surface area contributed by atoms with Crippen molar-refractivity contribution in [3.05, 3.63) is 99.9 Å². The minimum absolute atomic E-state index is 0.0121. The Hall–Kier alpha value is -3.88. The second kappa shape index (κ2) is 13.1. The summed E-state index contributed by atoms with van der Waals surface area (Å²) >= 11 is 0. The number of carbonyl (C=O) groups is 2. The topological polar surface area (TPSA) is 61.4 Å². The number of amides is 2. The van der Waals surface area contributed by atoms with Crippen molar-refractivity contribution in [3.8, 4) is 0 Å². The van der Waals surface area contributed by atoms with Crippen LogP contribution in [-0.2, 0) is 17.5 Å². The standard InChI is InChI=1S/C37H41F4N3O2/c1-22-13-14-24(19-30(22)37(39,40)41)21-42-35(45)29-20-26-8-6-12-32(26)44(36(46)33-23(2)7-5-11-31(33)38)34(29)25-15-17-28(18-16-25)43-27-9-3-4-10-27/h5,7,11,13-19,26-27,29,32,34,43H,3-4,6,8-10,12,20-21H2,1-2H3,(H,42,45)/t26?,29?,32?,34-/m0/s1. The smallest absolute Gasteiger partial charge is 0.382 e. The number of halogens is 4.